The molecule has 3 aromatic rings. The molecule has 0 fully saturated rings. The van der Waals surface area contributed by atoms with E-state index in [-0.39, 0.29) is 18.2 Å². The number of hydrogen-bond donors (Lipinski definition) is 2. The summed E-state index contributed by atoms with van der Waals surface area (Å²) < 4.78 is 0. The van der Waals surface area contributed by atoms with E-state index >= 15 is 0 Å². The fourth-order valence-electron chi connectivity index (χ4n) is 2.92. The van der Waals surface area contributed by atoms with Crippen molar-refractivity contribution in [3.05, 3.63) is 83.4 Å². The van der Waals surface area contributed by atoms with Crippen LogP contribution in [0.1, 0.15) is 12.0 Å². The molecule has 1 atom stereocenters. The lowest BCUT2D eigenvalue weighted by atomic mass is 10.2. The molecule has 1 heterocycles. The maximum absolute atomic E-state index is 12.3. The average Bonchev–Trinajstić information content (AvgIpc) is 2.77. The van der Waals surface area contributed by atoms with Crippen LogP contribution in [0, 0.1) is 0 Å². The Hall–Kier alpha value is -2.74. The van der Waals surface area contributed by atoms with Gasteiger partial charge in [-0.2, -0.15) is 5.10 Å². The smallest absolute Gasteiger partial charge is 0.241 e. The van der Waals surface area contributed by atoms with E-state index in [4.69, 9.17) is 11.6 Å². The number of thioether (sulfide) groups is 1. The van der Waals surface area contributed by atoms with Crippen molar-refractivity contribution >= 4 is 58.8 Å². The summed E-state index contributed by atoms with van der Waals surface area (Å²) >= 11 is 8.93. The van der Waals surface area contributed by atoms with Gasteiger partial charge in [0.2, 0.25) is 11.8 Å². The van der Waals surface area contributed by atoms with Gasteiger partial charge < -0.3 is 5.32 Å². The van der Waals surface area contributed by atoms with Crippen LogP contribution in [0.4, 0.5) is 5.69 Å². The van der Waals surface area contributed by atoms with Gasteiger partial charge in [0.25, 0.3) is 0 Å². The number of nitrogens with one attached hydrogen (secondary N) is 2. The van der Waals surface area contributed by atoms with Gasteiger partial charge in [0, 0.05) is 31.7 Å². The normalized spacial score (nSPS) is 15.4. The molecule has 1 aliphatic heterocycles. The summed E-state index contributed by atoms with van der Waals surface area (Å²) in [5.41, 5.74) is 4.19. The molecule has 156 valence electrons. The van der Waals surface area contributed by atoms with Crippen LogP contribution in [-0.4, -0.2) is 23.3 Å². The van der Waals surface area contributed by atoms with Crippen LogP contribution in [-0.2, 0) is 9.59 Å². The molecule has 2 amide bonds. The first-order valence-corrected chi connectivity index (χ1v) is 11.6. The first-order valence-electron chi connectivity index (χ1n) is 9.49. The highest BCUT2D eigenvalue weighted by molar-refractivity contribution is 8.01. The van der Waals surface area contributed by atoms with Crippen molar-refractivity contribution in [3.63, 3.8) is 0 Å². The Kier molecular flexibility index (Phi) is 6.96. The minimum absolute atomic E-state index is 0.0450. The van der Waals surface area contributed by atoms with Crippen molar-refractivity contribution < 1.29 is 9.59 Å². The van der Waals surface area contributed by atoms with Crippen LogP contribution in [0.3, 0.4) is 0 Å². The third-order valence-corrected chi connectivity index (χ3v) is 7.06. The van der Waals surface area contributed by atoms with Crippen LogP contribution in [0.25, 0.3) is 0 Å². The van der Waals surface area contributed by atoms with Gasteiger partial charge in [-0.1, -0.05) is 53.7 Å². The molecule has 0 aromatic heterocycles. The highest BCUT2D eigenvalue weighted by Gasteiger charge is 2.28. The number of hydrazone groups is 1. The van der Waals surface area contributed by atoms with Gasteiger partial charge in [-0.15, -0.1) is 11.8 Å². The van der Waals surface area contributed by atoms with Gasteiger partial charge in [-0.3, -0.25) is 9.59 Å². The predicted octanol–water partition coefficient (Wildman–Crippen LogP) is 5.44. The molecule has 0 aliphatic carbocycles. The predicted molar refractivity (Wildman–Crippen MR) is 127 cm³/mol. The summed E-state index contributed by atoms with van der Waals surface area (Å²) in [5.74, 6) is -0.487. The molecular formula is C23H18ClN3O2S2. The Labute approximate surface area is 193 Å². The third kappa shape index (κ3) is 5.70. The van der Waals surface area contributed by atoms with Gasteiger partial charge in [0.05, 0.1) is 17.2 Å². The van der Waals surface area contributed by atoms with E-state index < -0.39 is 5.25 Å². The lowest BCUT2D eigenvalue weighted by molar-refractivity contribution is -0.124. The van der Waals surface area contributed by atoms with Crippen LogP contribution in [0.15, 0.2) is 92.6 Å². The second kappa shape index (κ2) is 10.0. The van der Waals surface area contributed by atoms with Crippen LogP contribution in [0.5, 0.6) is 0 Å². The average molecular weight is 468 g/mol. The zero-order valence-electron chi connectivity index (χ0n) is 16.2. The molecule has 31 heavy (non-hydrogen) atoms. The molecule has 0 bridgehead atoms. The SMILES string of the molecule is O=C(CC1Sc2ccccc2NC1=O)N/N=C/c1ccccc1Sc1ccc(Cl)cc1. The number of nitrogens with zero attached hydrogens (tertiary/aromatic N) is 1. The molecular weight excluding hydrogens is 450 g/mol. The van der Waals surface area contributed by atoms with Crippen molar-refractivity contribution in [2.24, 2.45) is 5.10 Å². The van der Waals surface area contributed by atoms with Crippen molar-refractivity contribution in [3.8, 4) is 0 Å². The zero-order chi connectivity index (χ0) is 21.6. The molecule has 1 aliphatic rings. The third-order valence-electron chi connectivity index (χ3n) is 4.43. The molecule has 0 radical (unpaired) electrons. The maximum Gasteiger partial charge on any atom is 0.241 e. The minimum atomic E-state index is -0.488. The Bertz CT molecular complexity index is 1140. The number of benzene rings is 3. The lowest BCUT2D eigenvalue weighted by Crippen LogP contribution is -2.33. The molecule has 5 nitrogen and oxygen atoms in total. The molecule has 4 rings (SSSR count). The first kappa shape index (κ1) is 21.5. The number of fused-ring (bicyclic) bond motifs is 1. The van der Waals surface area contributed by atoms with Crippen molar-refractivity contribution in [2.75, 3.05) is 5.32 Å². The highest BCUT2D eigenvalue weighted by Crippen LogP contribution is 2.36. The van der Waals surface area contributed by atoms with Crippen molar-refractivity contribution in [1.29, 1.82) is 0 Å². The van der Waals surface area contributed by atoms with E-state index in [2.05, 4.69) is 15.8 Å². The van der Waals surface area contributed by atoms with Gasteiger partial charge in [-0.25, -0.2) is 5.43 Å². The van der Waals surface area contributed by atoms with Crippen molar-refractivity contribution in [2.45, 2.75) is 26.4 Å². The molecule has 3 aromatic carbocycles. The maximum atomic E-state index is 12.3. The highest BCUT2D eigenvalue weighted by atomic mass is 35.5. The number of para-hydroxylation sites is 1. The summed E-state index contributed by atoms with van der Waals surface area (Å²) in [7, 11) is 0. The van der Waals surface area contributed by atoms with Crippen molar-refractivity contribution in [1.82, 2.24) is 5.43 Å². The van der Waals surface area contributed by atoms with Gasteiger partial charge in [0.15, 0.2) is 0 Å². The molecule has 0 spiro atoms. The van der Waals surface area contributed by atoms with E-state index in [1.54, 1.807) is 18.0 Å². The molecule has 2 N–H and O–H groups in total. The van der Waals surface area contributed by atoms with E-state index in [1.807, 2.05) is 72.8 Å². The number of halogens is 1. The quantitative estimate of drug-likeness (QED) is 0.374. The fourth-order valence-corrected chi connectivity index (χ4v) is 5.07. The number of carbonyl (C=O) groups is 2. The summed E-state index contributed by atoms with van der Waals surface area (Å²) in [4.78, 5) is 27.6. The van der Waals surface area contributed by atoms with Crippen LogP contribution >= 0.6 is 35.1 Å². The Balaban J connectivity index is 1.36. The summed E-state index contributed by atoms with van der Waals surface area (Å²) in [6, 6.07) is 22.9. The lowest BCUT2D eigenvalue weighted by Gasteiger charge is -2.23. The molecule has 1 unspecified atom stereocenters. The Morgan fingerprint density at radius 2 is 1.84 bits per heavy atom. The summed E-state index contributed by atoms with van der Waals surface area (Å²) in [6.45, 7) is 0. The minimum Gasteiger partial charge on any atom is -0.324 e. The zero-order valence-corrected chi connectivity index (χ0v) is 18.6. The van der Waals surface area contributed by atoms with E-state index in [0.717, 1.165) is 25.9 Å². The fraction of sp³-hybridized carbons (Fsp3) is 0.0870. The van der Waals surface area contributed by atoms with Crippen LogP contribution in [0.2, 0.25) is 5.02 Å². The second-order valence-electron chi connectivity index (χ2n) is 6.68. The number of hydrogen-bond acceptors (Lipinski definition) is 5. The van der Waals surface area contributed by atoms with Crippen LogP contribution < -0.4 is 10.7 Å². The number of anilines is 1. The van der Waals surface area contributed by atoms with E-state index in [0.29, 0.717) is 5.02 Å². The Morgan fingerprint density at radius 1 is 1.10 bits per heavy atom. The number of carbonyl (C=O) groups excluding carboxylic acids is 2. The Morgan fingerprint density at radius 3 is 2.68 bits per heavy atom. The number of rotatable bonds is 6. The van der Waals surface area contributed by atoms with Gasteiger partial charge >= 0.3 is 0 Å². The topological polar surface area (TPSA) is 70.6 Å². The largest absolute Gasteiger partial charge is 0.324 e. The molecule has 8 heteroatoms. The standard InChI is InChI=1S/C23H18ClN3O2S2/c24-16-9-11-17(12-10-16)30-19-7-3-1-5-15(19)14-25-27-22(28)13-21-23(29)26-18-6-2-4-8-20(18)31-21/h1-12,14,21H,13H2,(H,26,29)(H,27,28)/b25-14+. The summed E-state index contributed by atoms with van der Waals surface area (Å²) in [5, 5.41) is 7.14. The van der Waals surface area contributed by atoms with E-state index in [9.17, 15) is 9.59 Å². The molecule has 0 saturated carbocycles. The molecule has 0 saturated heterocycles. The number of amides is 2. The van der Waals surface area contributed by atoms with Gasteiger partial charge in [0.1, 0.15) is 0 Å². The monoisotopic (exact) mass is 467 g/mol. The van der Waals surface area contributed by atoms with E-state index in [1.165, 1.54) is 11.8 Å². The van der Waals surface area contributed by atoms with Gasteiger partial charge in [-0.05, 0) is 42.5 Å². The first-order chi connectivity index (χ1) is 15.1. The summed E-state index contributed by atoms with van der Waals surface area (Å²) in [6.07, 6.45) is 1.66. The second-order valence-corrected chi connectivity index (χ2v) is 9.48.